The van der Waals surface area contributed by atoms with Crippen molar-refractivity contribution in [1.29, 1.82) is 0 Å². The summed E-state index contributed by atoms with van der Waals surface area (Å²) in [6.07, 6.45) is 2.30. The fourth-order valence-electron chi connectivity index (χ4n) is 3.67. The lowest BCUT2D eigenvalue weighted by atomic mass is 10.1. The molecule has 0 aliphatic carbocycles. The first-order chi connectivity index (χ1) is 17.0. The maximum Gasteiger partial charge on any atom is 0.317 e. The first-order valence-corrected chi connectivity index (χ1v) is 12.0. The lowest BCUT2D eigenvalue weighted by Crippen LogP contribution is -2.29. The van der Waals surface area contributed by atoms with E-state index in [0.29, 0.717) is 32.0 Å². The van der Waals surface area contributed by atoms with Crippen molar-refractivity contribution < 1.29 is 19.1 Å². The highest BCUT2D eigenvalue weighted by atomic mass is 32.1. The standard InChI is InChI=1S/C26H26N4O4S/c1-3-12-30(16-25(31)32)15-19-5-4-6-22(14-19)33-13-11-23-18(2)34-26(27-23)21-9-7-20(8-10-21)24-17-35-29-28-24/h3-10,14,17H,1,11-13,15-16H2,2H3,(H,31,32). The second-order valence-electron chi connectivity index (χ2n) is 7.99. The topological polar surface area (TPSA) is 102 Å². The molecule has 35 heavy (non-hydrogen) atoms. The molecule has 0 saturated heterocycles. The van der Waals surface area contributed by atoms with Crippen LogP contribution < -0.4 is 4.74 Å². The molecular formula is C26H26N4O4S. The van der Waals surface area contributed by atoms with Crippen molar-refractivity contribution in [2.45, 2.75) is 19.9 Å². The first-order valence-electron chi connectivity index (χ1n) is 11.1. The highest BCUT2D eigenvalue weighted by molar-refractivity contribution is 7.03. The first kappa shape index (κ1) is 24.3. The van der Waals surface area contributed by atoms with Gasteiger partial charge in [-0.05, 0) is 48.3 Å². The van der Waals surface area contributed by atoms with Gasteiger partial charge in [0.15, 0.2) is 0 Å². The van der Waals surface area contributed by atoms with Gasteiger partial charge in [0.25, 0.3) is 0 Å². The summed E-state index contributed by atoms with van der Waals surface area (Å²) < 4.78 is 15.8. The van der Waals surface area contributed by atoms with Gasteiger partial charge in [-0.2, -0.15) is 0 Å². The zero-order chi connectivity index (χ0) is 24.6. The Balaban J connectivity index is 1.35. The van der Waals surface area contributed by atoms with Crippen molar-refractivity contribution >= 4 is 17.5 Å². The fraction of sp³-hybridized carbons (Fsp3) is 0.231. The number of ether oxygens (including phenoxy) is 1. The summed E-state index contributed by atoms with van der Waals surface area (Å²) in [5.41, 5.74) is 4.56. The minimum atomic E-state index is -0.866. The summed E-state index contributed by atoms with van der Waals surface area (Å²) in [4.78, 5) is 17.5. The SMILES string of the molecule is C=CCN(CC(=O)O)Cc1cccc(OCCc2nc(-c3ccc(-c4csnn4)cc3)oc2C)c1. The molecule has 0 atom stereocenters. The summed E-state index contributed by atoms with van der Waals surface area (Å²) >= 11 is 1.32. The predicted octanol–water partition coefficient (Wildman–Crippen LogP) is 4.86. The van der Waals surface area contributed by atoms with E-state index in [2.05, 4.69) is 21.1 Å². The molecule has 9 heteroatoms. The van der Waals surface area contributed by atoms with Gasteiger partial charge in [-0.25, -0.2) is 4.98 Å². The van der Waals surface area contributed by atoms with E-state index in [1.165, 1.54) is 11.5 Å². The van der Waals surface area contributed by atoms with Crippen LogP contribution in [0.15, 0.2) is 71.0 Å². The van der Waals surface area contributed by atoms with E-state index in [4.69, 9.17) is 14.3 Å². The molecule has 2 aromatic carbocycles. The highest BCUT2D eigenvalue weighted by Gasteiger charge is 2.13. The molecule has 2 heterocycles. The third kappa shape index (κ3) is 6.62. The molecule has 180 valence electrons. The number of aromatic nitrogens is 3. The van der Waals surface area contributed by atoms with Crippen LogP contribution >= 0.6 is 11.5 Å². The molecule has 0 spiro atoms. The number of carbonyl (C=O) groups is 1. The Morgan fingerprint density at radius 3 is 2.74 bits per heavy atom. The average Bonchev–Trinajstić information content (AvgIpc) is 3.50. The molecule has 0 radical (unpaired) electrons. The summed E-state index contributed by atoms with van der Waals surface area (Å²) in [6.45, 7) is 6.99. The van der Waals surface area contributed by atoms with E-state index in [-0.39, 0.29) is 6.54 Å². The number of carboxylic acids is 1. The number of nitrogens with zero attached hydrogens (tertiary/aromatic N) is 4. The van der Waals surface area contributed by atoms with Gasteiger partial charge in [0.05, 0.1) is 18.8 Å². The lowest BCUT2D eigenvalue weighted by Gasteiger charge is -2.18. The van der Waals surface area contributed by atoms with Crippen LogP contribution in [0.4, 0.5) is 0 Å². The van der Waals surface area contributed by atoms with E-state index in [9.17, 15) is 4.79 Å². The minimum absolute atomic E-state index is 0.0460. The van der Waals surface area contributed by atoms with Gasteiger partial charge in [0.1, 0.15) is 17.2 Å². The second-order valence-corrected chi connectivity index (χ2v) is 8.60. The Morgan fingerprint density at radius 2 is 2.03 bits per heavy atom. The number of rotatable bonds is 12. The largest absolute Gasteiger partial charge is 0.493 e. The van der Waals surface area contributed by atoms with Crippen molar-refractivity contribution in [1.82, 2.24) is 19.5 Å². The van der Waals surface area contributed by atoms with Crippen LogP contribution in [-0.4, -0.2) is 50.2 Å². The molecule has 0 bridgehead atoms. The summed E-state index contributed by atoms with van der Waals surface area (Å²) in [6, 6.07) is 15.6. The molecule has 0 amide bonds. The molecule has 2 aromatic heterocycles. The number of hydrogen-bond acceptors (Lipinski definition) is 8. The number of aliphatic carboxylic acids is 1. The van der Waals surface area contributed by atoms with Crippen molar-refractivity contribution in [2.75, 3.05) is 19.7 Å². The Morgan fingerprint density at radius 1 is 1.23 bits per heavy atom. The zero-order valence-electron chi connectivity index (χ0n) is 19.4. The van der Waals surface area contributed by atoms with Crippen LogP contribution in [0.5, 0.6) is 5.75 Å². The maximum atomic E-state index is 11.1. The molecule has 4 aromatic rings. The van der Waals surface area contributed by atoms with Gasteiger partial charge in [-0.15, -0.1) is 11.7 Å². The quantitative estimate of drug-likeness (QED) is 0.281. The van der Waals surface area contributed by atoms with Crippen LogP contribution in [0.25, 0.3) is 22.7 Å². The lowest BCUT2D eigenvalue weighted by molar-refractivity contribution is -0.138. The Labute approximate surface area is 207 Å². The maximum absolute atomic E-state index is 11.1. The number of benzene rings is 2. The Hall–Kier alpha value is -3.82. The van der Waals surface area contributed by atoms with Gasteiger partial charge in [-0.1, -0.05) is 34.8 Å². The molecule has 0 aliphatic rings. The van der Waals surface area contributed by atoms with Crippen LogP contribution in [-0.2, 0) is 17.8 Å². The summed E-state index contributed by atoms with van der Waals surface area (Å²) in [5.74, 6) is 1.20. The van der Waals surface area contributed by atoms with Gasteiger partial charge in [-0.3, -0.25) is 9.69 Å². The van der Waals surface area contributed by atoms with E-state index in [1.807, 2.05) is 60.8 Å². The molecular weight excluding hydrogens is 464 g/mol. The summed E-state index contributed by atoms with van der Waals surface area (Å²) in [5, 5.41) is 15.1. The Kier molecular flexibility index (Phi) is 8.02. The minimum Gasteiger partial charge on any atom is -0.493 e. The molecule has 0 fully saturated rings. The van der Waals surface area contributed by atoms with Crippen molar-refractivity contribution in [3.8, 4) is 28.5 Å². The van der Waals surface area contributed by atoms with E-state index in [0.717, 1.165) is 39.6 Å². The van der Waals surface area contributed by atoms with Gasteiger partial charge >= 0.3 is 5.97 Å². The monoisotopic (exact) mass is 490 g/mol. The molecule has 4 rings (SSSR count). The van der Waals surface area contributed by atoms with Crippen LogP contribution in [0, 0.1) is 6.92 Å². The van der Waals surface area contributed by atoms with Gasteiger partial charge in [0, 0.05) is 36.0 Å². The third-order valence-corrected chi connectivity index (χ3v) is 5.84. The van der Waals surface area contributed by atoms with Crippen LogP contribution in [0.3, 0.4) is 0 Å². The smallest absolute Gasteiger partial charge is 0.317 e. The highest BCUT2D eigenvalue weighted by Crippen LogP contribution is 2.26. The van der Waals surface area contributed by atoms with Gasteiger partial charge in [0.2, 0.25) is 5.89 Å². The molecule has 8 nitrogen and oxygen atoms in total. The second kappa shape index (κ2) is 11.5. The van der Waals surface area contributed by atoms with Crippen LogP contribution in [0.1, 0.15) is 17.0 Å². The third-order valence-electron chi connectivity index (χ3n) is 5.34. The average molecular weight is 491 g/mol. The number of aryl methyl sites for hydroxylation is 1. The van der Waals surface area contributed by atoms with Gasteiger partial charge < -0.3 is 14.3 Å². The molecule has 0 unspecified atom stereocenters. The number of carboxylic acid groups (broad SMARTS) is 1. The molecule has 0 aliphatic heterocycles. The van der Waals surface area contributed by atoms with Crippen LogP contribution in [0.2, 0.25) is 0 Å². The normalized spacial score (nSPS) is 11.0. The van der Waals surface area contributed by atoms with E-state index < -0.39 is 5.97 Å². The van der Waals surface area contributed by atoms with Crippen molar-refractivity contribution in [3.05, 3.63) is 83.6 Å². The van der Waals surface area contributed by atoms with E-state index in [1.54, 1.807) is 11.0 Å². The van der Waals surface area contributed by atoms with Crippen molar-refractivity contribution in [2.24, 2.45) is 0 Å². The van der Waals surface area contributed by atoms with E-state index >= 15 is 0 Å². The number of oxazole rings is 1. The Bertz CT molecular complexity index is 1270. The summed E-state index contributed by atoms with van der Waals surface area (Å²) in [7, 11) is 0. The predicted molar refractivity (Wildman–Crippen MR) is 134 cm³/mol. The fourth-order valence-corrected chi connectivity index (χ4v) is 4.14. The molecule has 0 saturated carbocycles. The molecule has 1 N–H and O–H groups in total. The zero-order valence-corrected chi connectivity index (χ0v) is 20.2. The number of hydrogen-bond donors (Lipinski definition) is 1. The van der Waals surface area contributed by atoms with Crippen molar-refractivity contribution in [3.63, 3.8) is 0 Å².